The van der Waals surface area contributed by atoms with Crippen molar-refractivity contribution in [2.75, 3.05) is 0 Å². The first kappa shape index (κ1) is 53.3. The lowest BCUT2D eigenvalue weighted by Crippen LogP contribution is -2.14. The van der Waals surface area contributed by atoms with E-state index >= 15 is 0 Å². The van der Waals surface area contributed by atoms with E-state index in [4.69, 9.17) is 9.97 Å². The van der Waals surface area contributed by atoms with Crippen LogP contribution in [0.5, 0.6) is 0 Å². The molecule has 0 fully saturated rings. The maximum atomic E-state index is 6.03. The SMILES string of the molecule is CC1(C)c2ccccc2-c2cc(-c3ccc4c5ccccc5n(-c5ccc6nc(-n7c8ccccc8c8ccc(-c9ccc%10c(c9)-c9ccccc9C%10(C)C)cc87)nc(-n7c8ccccc8c8ccc(-c9ccc%10c(c9)-c9ccccc9C%10(C)C)cc87)c6c5)c4c3)ccc21. The van der Waals surface area contributed by atoms with Crippen LogP contribution in [-0.4, -0.2) is 23.7 Å². The standard InChI is InChI=1S/C89H63N5/c1-87(2)72-25-13-7-19-59(72)68-45-52(34-41-75(68)87)55-31-38-65-62-22-10-16-28-79(62)92(82(65)48-55)58-37-44-78-71(51-58)85(93-80-29-17-11-23-63(80)66-39-32-56(49-83(66)93)53-35-42-76-69(46-53)60-20-8-14-26-73(60)88(76,3)4)91-86(90-78)94-81-30-18-12-24-64(81)67-40-33-57(50-84(67)94)54-36-43-77-70(47-54)61-21-9-15-27-74(61)89(77,5)6/h7-51H,1-6H3. The van der Waals surface area contributed by atoms with Crippen molar-refractivity contribution in [2.24, 2.45) is 0 Å². The van der Waals surface area contributed by atoms with Gasteiger partial charge in [0.1, 0.15) is 0 Å². The Morgan fingerprint density at radius 2 is 0.564 bits per heavy atom. The maximum Gasteiger partial charge on any atom is 0.237 e. The smallest absolute Gasteiger partial charge is 0.237 e. The lowest BCUT2D eigenvalue weighted by molar-refractivity contribution is 0.660. The van der Waals surface area contributed by atoms with E-state index in [0.29, 0.717) is 5.95 Å². The highest BCUT2D eigenvalue weighted by Gasteiger charge is 2.38. The van der Waals surface area contributed by atoms with E-state index in [1.165, 1.54) is 99.8 Å². The normalized spacial score (nSPS) is 14.5. The first-order valence-corrected chi connectivity index (χ1v) is 33.0. The molecule has 94 heavy (non-hydrogen) atoms. The molecule has 20 rings (SSSR count). The van der Waals surface area contributed by atoms with Gasteiger partial charge in [-0.15, -0.1) is 0 Å². The molecule has 444 valence electrons. The van der Waals surface area contributed by atoms with Gasteiger partial charge < -0.3 is 4.57 Å². The zero-order chi connectivity index (χ0) is 62.7. The summed E-state index contributed by atoms with van der Waals surface area (Å²) in [6.45, 7) is 14.1. The molecule has 4 heterocycles. The number of aromatic nitrogens is 5. The fraction of sp³-hybridized carbons (Fsp3) is 0.101. The summed E-state index contributed by atoms with van der Waals surface area (Å²) in [5.74, 6) is 1.41. The Labute approximate surface area is 545 Å². The van der Waals surface area contributed by atoms with E-state index in [1.54, 1.807) is 0 Å². The molecule has 13 aromatic carbocycles. The topological polar surface area (TPSA) is 40.6 Å². The van der Waals surface area contributed by atoms with E-state index in [0.717, 1.165) is 88.2 Å². The van der Waals surface area contributed by atoms with Gasteiger partial charge in [-0.3, -0.25) is 9.13 Å². The van der Waals surface area contributed by atoms with Gasteiger partial charge in [-0.1, -0.05) is 242 Å². The van der Waals surface area contributed by atoms with Crippen molar-refractivity contribution in [1.29, 1.82) is 0 Å². The molecule has 0 amide bonds. The summed E-state index contributed by atoms with van der Waals surface area (Å²) in [6.07, 6.45) is 0. The van der Waals surface area contributed by atoms with E-state index in [9.17, 15) is 0 Å². The van der Waals surface area contributed by atoms with E-state index in [1.807, 2.05) is 0 Å². The van der Waals surface area contributed by atoms with Crippen LogP contribution < -0.4 is 0 Å². The van der Waals surface area contributed by atoms with E-state index in [-0.39, 0.29) is 16.2 Å². The highest BCUT2D eigenvalue weighted by molar-refractivity contribution is 6.14. The molecule has 5 nitrogen and oxygen atoms in total. The summed E-state index contributed by atoms with van der Waals surface area (Å²) in [4.78, 5) is 11.8. The molecule has 0 radical (unpaired) electrons. The number of hydrogen-bond acceptors (Lipinski definition) is 2. The van der Waals surface area contributed by atoms with Crippen LogP contribution in [0.4, 0.5) is 0 Å². The Kier molecular flexibility index (Phi) is 10.7. The monoisotopic (exact) mass is 1200 g/mol. The zero-order valence-corrected chi connectivity index (χ0v) is 53.2. The third-order valence-electron chi connectivity index (χ3n) is 22.1. The minimum absolute atomic E-state index is 0.0727. The molecule has 4 aromatic heterocycles. The highest BCUT2D eigenvalue weighted by atomic mass is 15.2. The van der Waals surface area contributed by atoms with Gasteiger partial charge in [0, 0.05) is 59.6 Å². The van der Waals surface area contributed by atoms with Crippen molar-refractivity contribution >= 4 is 76.3 Å². The molecule has 3 aliphatic carbocycles. The Morgan fingerprint density at radius 1 is 0.234 bits per heavy atom. The summed E-state index contributed by atoms with van der Waals surface area (Å²) in [6, 6.07) is 102. The van der Waals surface area contributed by atoms with Crippen molar-refractivity contribution < 1.29 is 0 Å². The second-order valence-electron chi connectivity index (χ2n) is 28.1. The fourth-order valence-electron chi connectivity index (χ4n) is 17.4. The summed E-state index contributed by atoms with van der Waals surface area (Å²) >= 11 is 0. The quantitative estimate of drug-likeness (QED) is 0.166. The van der Waals surface area contributed by atoms with E-state index < -0.39 is 0 Å². The second-order valence-corrected chi connectivity index (χ2v) is 28.1. The van der Waals surface area contributed by atoms with Gasteiger partial charge in [0.15, 0.2) is 5.82 Å². The molecule has 0 unspecified atom stereocenters. The first-order valence-electron chi connectivity index (χ1n) is 33.0. The van der Waals surface area contributed by atoms with Crippen molar-refractivity contribution in [3.05, 3.63) is 306 Å². The molecule has 17 aromatic rings. The van der Waals surface area contributed by atoms with Crippen LogP contribution in [-0.2, 0) is 16.2 Å². The molecule has 0 spiro atoms. The van der Waals surface area contributed by atoms with Crippen LogP contribution in [0.2, 0.25) is 0 Å². The average Bonchev–Trinajstić information content (AvgIpc) is 1.55. The summed E-state index contributed by atoms with van der Waals surface area (Å²) in [5.41, 5.74) is 31.2. The average molecular weight is 1200 g/mol. The lowest BCUT2D eigenvalue weighted by atomic mass is 9.82. The van der Waals surface area contributed by atoms with Crippen LogP contribution >= 0.6 is 0 Å². The van der Waals surface area contributed by atoms with Gasteiger partial charge in [0.05, 0.1) is 38.6 Å². The summed E-state index contributed by atoms with van der Waals surface area (Å²) < 4.78 is 7.20. The third-order valence-corrected chi connectivity index (χ3v) is 22.1. The Morgan fingerprint density at radius 3 is 1.01 bits per heavy atom. The largest absolute Gasteiger partial charge is 0.309 e. The van der Waals surface area contributed by atoms with Gasteiger partial charge >= 0.3 is 0 Å². The van der Waals surface area contributed by atoms with E-state index in [2.05, 4.69) is 328 Å². The highest BCUT2D eigenvalue weighted by Crippen LogP contribution is 2.53. The van der Waals surface area contributed by atoms with Gasteiger partial charge in [0.25, 0.3) is 0 Å². The maximum absolute atomic E-state index is 6.03. The van der Waals surface area contributed by atoms with Gasteiger partial charge in [0.2, 0.25) is 5.95 Å². The summed E-state index contributed by atoms with van der Waals surface area (Å²) in [7, 11) is 0. The minimum atomic E-state index is -0.0933. The molecule has 0 aliphatic heterocycles. The molecule has 5 heteroatoms. The molecule has 0 bridgehead atoms. The molecule has 0 atom stereocenters. The van der Waals surface area contributed by atoms with Crippen LogP contribution in [0.15, 0.2) is 273 Å². The predicted octanol–water partition coefficient (Wildman–Crippen LogP) is 22.8. The Bertz CT molecular complexity index is 6210. The van der Waals surface area contributed by atoms with Crippen molar-refractivity contribution in [2.45, 2.75) is 57.8 Å². The van der Waals surface area contributed by atoms with Crippen LogP contribution in [0.1, 0.15) is 74.9 Å². The third kappa shape index (κ3) is 7.24. The lowest BCUT2D eigenvalue weighted by Gasteiger charge is -2.21. The Balaban J connectivity index is 0.828. The molecular weight excluding hydrogens is 1140 g/mol. The number of nitrogens with zero attached hydrogens (tertiary/aromatic N) is 5. The van der Waals surface area contributed by atoms with Crippen molar-refractivity contribution in [3.8, 4) is 84.2 Å². The number of hydrogen-bond donors (Lipinski definition) is 0. The molecule has 0 N–H and O–H groups in total. The number of rotatable bonds is 6. The molecule has 0 saturated heterocycles. The predicted molar refractivity (Wildman–Crippen MR) is 392 cm³/mol. The van der Waals surface area contributed by atoms with Crippen LogP contribution in [0.25, 0.3) is 161 Å². The molecular formula is C89H63N5. The zero-order valence-electron chi connectivity index (χ0n) is 53.2. The van der Waals surface area contributed by atoms with Gasteiger partial charge in [-0.2, -0.15) is 4.98 Å². The number of fused-ring (bicyclic) bond motifs is 19. The first-order chi connectivity index (χ1) is 45.9. The fourth-order valence-corrected chi connectivity index (χ4v) is 17.4. The molecule has 0 saturated carbocycles. The van der Waals surface area contributed by atoms with Crippen molar-refractivity contribution in [1.82, 2.24) is 23.7 Å². The second kappa shape index (κ2) is 18.9. The van der Waals surface area contributed by atoms with Gasteiger partial charge in [-0.25, -0.2) is 4.98 Å². The summed E-state index contributed by atoms with van der Waals surface area (Å²) in [5, 5.41) is 7.96. The van der Waals surface area contributed by atoms with Crippen molar-refractivity contribution in [3.63, 3.8) is 0 Å². The van der Waals surface area contributed by atoms with Gasteiger partial charge in [-0.05, 0) is 173 Å². The number of para-hydroxylation sites is 3. The molecule has 3 aliphatic rings. The van der Waals surface area contributed by atoms with Crippen LogP contribution in [0.3, 0.4) is 0 Å². The number of benzene rings is 13. The Hall–Kier alpha value is -11.4. The van der Waals surface area contributed by atoms with Crippen LogP contribution in [0, 0.1) is 0 Å². The minimum Gasteiger partial charge on any atom is -0.309 e.